The summed E-state index contributed by atoms with van der Waals surface area (Å²) >= 11 is 0. The van der Waals surface area contributed by atoms with Gasteiger partial charge < -0.3 is 0 Å². The van der Waals surface area contributed by atoms with Crippen LogP contribution in [0.2, 0.25) is 0 Å². The number of allylic oxidation sites excluding steroid dienone is 10. The summed E-state index contributed by atoms with van der Waals surface area (Å²) in [4.78, 5) is 0. The lowest BCUT2D eigenvalue weighted by Crippen LogP contribution is -1.98. The molecule has 1 unspecified atom stereocenters. The van der Waals surface area contributed by atoms with Gasteiger partial charge in [-0.1, -0.05) is 66.8 Å². The Morgan fingerprint density at radius 3 is 2.89 bits per heavy atom. The Morgan fingerprint density at radius 1 is 0.947 bits per heavy atom. The summed E-state index contributed by atoms with van der Waals surface area (Å²) < 4.78 is 0. The van der Waals surface area contributed by atoms with E-state index in [2.05, 4.69) is 66.8 Å². The summed E-state index contributed by atoms with van der Waals surface area (Å²) in [7, 11) is 0. The Bertz CT molecular complexity index is 678. The molecule has 0 nitrogen and oxygen atoms in total. The second-order valence-electron chi connectivity index (χ2n) is 5.31. The van der Waals surface area contributed by atoms with Crippen LogP contribution in [0.3, 0.4) is 0 Å². The highest BCUT2D eigenvalue weighted by Gasteiger charge is 2.31. The molecule has 0 fully saturated rings. The summed E-state index contributed by atoms with van der Waals surface area (Å²) in [6, 6.07) is 8.89. The van der Waals surface area contributed by atoms with E-state index in [0.29, 0.717) is 5.92 Å². The van der Waals surface area contributed by atoms with Gasteiger partial charge in [-0.25, -0.2) is 0 Å². The second-order valence-corrected chi connectivity index (χ2v) is 5.31. The van der Waals surface area contributed by atoms with Crippen LogP contribution in [0.4, 0.5) is 0 Å². The highest BCUT2D eigenvalue weighted by Crippen LogP contribution is 2.49. The fourth-order valence-electron chi connectivity index (χ4n) is 3.45. The average molecular weight is 244 g/mol. The van der Waals surface area contributed by atoms with E-state index in [1.54, 1.807) is 0 Å². The number of hydrogen-bond acceptors (Lipinski definition) is 0. The predicted molar refractivity (Wildman–Crippen MR) is 80.8 cm³/mol. The van der Waals surface area contributed by atoms with Crippen molar-refractivity contribution in [2.45, 2.75) is 18.8 Å². The lowest BCUT2D eigenvalue weighted by atomic mass is 9.88. The fraction of sp³-hybridized carbons (Fsp3) is 0.158. The van der Waals surface area contributed by atoms with Crippen molar-refractivity contribution in [3.8, 4) is 0 Å². The van der Waals surface area contributed by atoms with E-state index in [9.17, 15) is 0 Å². The third-order valence-electron chi connectivity index (χ3n) is 4.26. The van der Waals surface area contributed by atoms with Crippen LogP contribution in [-0.2, 0) is 0 Å². The van der Waals surface area contributed by atoms with E-state index in [1.165, 1.54) is 40.7 Å². The zero-order valence-corrected chi connectivity index (χ0v) is 10.8. The molecule has 1 aromatic rings. The van der Waals surface area contributed by atoms with E-state index in [4.69, 9.17) is 0 Å². The summed E-state index contributed by atoms with van der Waals surface area (Å²) in [5.74, 6) is 0.573. The molecule has 0 aliphatic heterocycles. The molecule has 3 aliphatic carbocycles. The van der Waals surface area contributed by atoms with Gasteiger partial charge in [0.25, 0.3) is 0 Å². The molecule has 0 bridgehead atoms. The van der Waals surface area contributed by atoms with Gasteiger partial charge >= 0.3 is 0 Å². The molecule has 0 N–H and O–H groups in total. The van der Waals surface area contributed by atoms with Crippen molar-refractivity contribution in [1.29, 1.82) is 0 Å². The van der Waals surface area contributed by atoms with E-state index < -0.39 is 0 Å². The van der Waals surface area contributed by atoms with Gasteiger partial charge in [0.2, 0.25) is 0 Å². The van der Waals surface area contributed by atoms with E-state index in [0.717, 1.165) is 0 Å². The van der Waals surface area contributed by atoms with E-state index in [-0.39, 0.29) is 0 Å². The summed E-state index contributed by atoms with van der Waals surface area (Å²) in [6.07, 6.45) is 17.9. The maximum absolute atomic E-state index is 2.32. The van der Waals surface area contributed by atoms with Crippen molar-refractivity contribution < 1.29 is 0 Å². The van der Waals surface area contributed by atoms with Crippen LogP contribution in [0.1, 0.15) is 29.9 Å². The zero-order valence-electron chi connectivity index (χ0n) is 10.8. The summed E-state index contributed by atoms with van der Waals surface area (Å²) in [5.41, 5.74) is 7.26. The molecule has 0 heteroatoms. The Hall–Kier alpha value is -2.08. The van der Waals surface area contributed by atoms with Crippen LogP contribution in [0, 0.1) is 0 Å². The first kappa shape index (κ1) is 10.8. The van der Waals surface area contributed by atoms with Crippen molar-refractivity contribution in [1.82, 2.24) is 0 Å². The number of rotatable bonds is 0. The van der Waals surface area contributed by atoms with Crippen molar-refractivity contribution >= 4 is 5.57 Å². The second kappa shape index (κ2) is 4.24. The third kappa shape index (κ3) is 1.60. The first-order valence-electron chi connectivity index (χ1n) is 7.00. The lowest BCUT2D eigenvalue weighted by molar-refractivity contribution is 0.744. The molecule has 4 rings (SSSR count). The molecule has 1 atom stereocenters. The molecule has 92 valence electrons. The maximum Gasteiger partial charge on any atom is 0.0110 e. The SMILES string of the molecule is C1=CC=C2C=CCCC3C2=C(C=C1)c1ccccc13. The van der Waals surface area contributed by atoms with Gasteiger partial charge in [-0.15, -0.1) is 0 Å². The molecule has 0 radical (unpaired) electrons. The smallest absolute Gasteiger partial charge is 0.0110 e. The molecule has 1 aromatic carbocycles. The number of hydrogen-bond donors (Lipinski definition) is 0. The molecular weight excluding hydrogens is 228 g/mol. The Morgan fingerprint density at radius 2 is 1.89 bits per heavy atom. The third-order valence-corrected chi connectivity index (χ3v) is 4.26. The molecule has 19 heavy (non-hydrogen) atoms. The van der Waals surface area contributed by atoms with Crippen LogP contribution >= 0.6 is 0 Å². The highest BCUT2D eigenvalue weighted by molar-refractivity contribution is 5.88. The largest absolute Gasteiger partial charge is 0.0839 e. The van der Waals surface area contributed by atoms with Crippen molar-refractivity contribution in [2.24, 2.45) is 0 Å². The van der Waals surface area contributed by atoms with Gasteiger partial charge in [0.15, 0.2) is 0 Å². The topological polar surface area (TPSA) is 0 Å². The van der Waals surface area contributed by atoms with Gasteiger partial charge in [0.05, 0.1) is 0 Å². The van der Waals surface area contributed by atoms with Crippen LogP contribution in [0.25, 0.3) is 5.57 Å². The minimum atomic E-state index is 0.573. The predicted octanol–water partition coefficient (Wildman–Crippen LogP) is 4.94. The number of fused-ring (bicyclic) bond motifs is 3. The van der Waals surface area contributed by atoms with Crippen molar-refractivity contribution in [3.05, 3.63) is 89.1 Å². The van der Waals surface area contributed by atoms with E-state index in [1.807, 2.05) is 0 Å². The summed E-state index contributed by atoms with van der Waals surface area (Å²) in [5, 5.41) is 0. The highest BCUT2D eigenvalue weighted by atomic mass is 14.3. The van der Waals surface area contributed by atoms with Gasteiger partial charge in [-0.2, -0.15) is 0 Å². The average Bonchev–Trinajstić information content (AvgIpc) is 2.58. The Kier molecular flexibility index (Phi) is 2.41. The van der Waals surface area contributed by atoms with Crippen molar-refractivity contribution in [2.75, 3.05) is 0 Å². The minimum Gasteiger partial charge on any atom is -0.0839 e. The monoisotopic (exact) mass is 244 g/mol. The van der Waals surface area contributed by atoms with Crippen molar-refractivity contribution in [3.63, 3.8) is 0 Å². The number of benzene rings is 1. The minimum absolute atomic E-state index is 0.573. The van der Waals surface area contributed by atoms with Crippen LogP contribution in [-0.4, -0.2) is 0 Å². The molecule has 0 amide bonds. The van der Waals surface area contributed by atoms with Crippen LogP contribution in [0.15, 0.2) is 77.9 Å². The standard InChI is InChI=1S/C19H16/c1-2-8-14-9-4-5-13-18-16-11-7-6-10-15(16)17(12-3-1)19(14)18/h1-4,6-12,18H,5,13H2. The first-order valence-corrected chi connectivity index (χ1v) is 7.00. The summed E-state index contributed by atoms with van der Waals surface area (Å²) in [6.45, 7) is 0. The quantitative estimate of drug-likeness (QED) is 0.606. The lowest BCUT2D eigenvalue weighted by Gasteiger charge is -2.15. The molecule has 0 spiro atoms. The maximum atomic E-state index is 2.32. The molecule has 0 aromatic heterocycles. The normalized spacial score (nSPS) is 23.4. The molecule has 0 saturated heterocycles. The molecule has 0 saturated carbocycles. The molecule has 3 aliphatic rings. The van der Waals surface area contributed by atoms with Gasteiger partial charge in [0, 0.05) is 5.92 Å². The molecular formula is C19H16. The van der Waals surface area contributed by atoms with Crippen LogP contribution in [0.5, 0.6) is 0 Å². The Balaban J connectivity index is 2.02. The van der Waals surface area contributed by atoms with E-state index >= 15 is 0 Å². The fourth-order valence-corrected chi connectivity index (χ4v) is 3.45. The van der Waals surface area contributed by atoms with Gasteiger partial charge in [-0.3, -0.25) is 0 Å². The Labute approximate surface area is 114 Å². The zero-order chi connectivity index (χ0) is 12.7. The van der Waals surface area contributed by atoms with Gasteiger partial charge in [0.1, 0.15) is 0 Å². The van der Waals surface area contributed by atoms with Gasteiger partial charge in [-0.05, 0) is 40.7 Å². The first-order chi connectivity index (χ1) is 9.45. The molecule has 0 heterocycles. The van der Waals surface area contributed by atoms with Crippen LogP contribution < -0.4 is 0 Å².